The fraction of sp³-hybridized carbons (Fsp3) is 0.333. The summed E-state index contributed by atoms with van der Waals surface area (Å²) in [6.07, 6.45) is 4.67. The summed E-state index contributed by atoms with van der Waals surface area (Å²) in [5.74, 6) is -2.58. The number of piperazine rings is 1. The van der Waals surface area contributed by atoms with Gasteiger partial charge in [0.25, 0.3) is 0 Å². The van der Waals surface area contributed by atoms with Gasteiger partial charge in [0.05, 0.1) is 33.9 Å². The molecule has 0 unspecified atom stereocenters. The third kappa shape index (κ3) is 5.46. The lowest BCUT2D eigenvalue weighted by Crippen LogP contribution is -2.56. The number of aryl methyl sites for hydroxylation is 1. The Morgan fingerprint density at radius 1 is 1.26 bits per heavy atom. The van der Waals surface area contributed by atoms with Crippen molar-refractivity contribution in [2.24, 2.45) is 0 Å². The highest BCUT2D eigenvalue weighted by Crippen LogP contribution is 2.49. The summed E-state index contributed by atoms with van der Waals surface area (Å²) < 4.78 is 50.3. The topological polar surface area (TPSA) is 97.8 Å². The zero-order valence-electron chi connectivity index (χ0n) is 25.7. The van der Waals surface area contributed by atoms with Crippen LogP contribution in [0.5, 0.6) is 5.75 Å². The fourth-order valence-electron chi connectivity index (χ4n) is 6.26. The third-order valence-electron chi connectivity index (χ3n) is 8.36. The predicted octanol–water partition coefficient (Wildman–Crippen LogP) is 5.56. The smallest absolute Gasteiger partial charge is 0.354 e. The second kappa shape index (κ2) is 12.7. The number of allylic oxidation sites excluding steroid dienone is 1. The van der Waals surface area contributed by atoms with Crippen molar-refractivity contribution in [3.63, 3.8) is 0 Å². The number of amides is 1. The number of alkyl halides is 1. The Kier molecular flexibility index (Phi) is 8.63. The van der Waals surface area contributed by atoms with E-state index in [1.165, 1.54) is 15.5 Å². The predicted molar refractivity (Wildman–Crippen MR) is 171 cm³/mol. The number of hydrogen-bond acceptors (Lipinski definition) is 7. The molecule has 2 aliphatic rings. The van der Waals surface area contributed by atoms with E-state index >= 15 is 4.39 Å². The first-order chi connectivity index (χ1) is 22.6. The number of carbonyl (C=O) groups excluding carboxylic acids is 1. The molecular formula is C33H29ClF3N7O3. The number of halogens is 4. The number of fused-ring (bicyclic) bond motifs is 5. The van der Waals surface area contributed by atoms with Crippen LogP contribution in [-0.4, -0.2) is 69.2 Å². The molecule has 1 saturated heterocycles. The zero-order valence-corrected chi connectivity index (χ0v) is 26.5. The minimum atomic E-state index is -1.16. The Labute approximate surface area is 272 Å². The number of benzene rings is 1. The molecule has 1 atom stereocenters. The Morgan fingerprint density at radius 3 is 2.77 bits per heavy atom. The molecule has 14 heteroatoms. The van der Waals surface area contributed by atoms with Gasteiger partial charge in [0.2, 0.25) is 12.5 Å². The molecule has 0 bridgehead atoms. The minimum Gasteiger partial charge on any atom is -0.484 e. The molecule has 5 heterocycles. The minimum absolute atomic E-state index is 0.0165. The molecule has 2 aliphatic heterocycles. The molecule has 1 fully saturated rings. The van der Waals surface area contributed by atoms with Gasteiger partial charge in [0.15, 0.2) is 17.4 Å². The largest absolute Gasteiger partial charge is 0.484 e. The Bertz CT molecular complexity index is 2060. The van der Waals surface area contributed by atoms with Gasteiger partial charge in [-0.05, 0) is 36.6 Å². The van der Waals surface area contributed by atoms with Gasteiger partial charge < -0.3 is 19.4 Å². The van der Waals surface area contributed by atoms with Crippen LogP contribution in [-0.2, 0) is 11.4 Å². The number of rotatable bonds is 6. The van der Waals surface area contributed by atoms with Crippen molar-refractivity contribution in [2.75, 3.05) is 37.8 Å². The first kappa shape index (κ1) is 32.0. The second-order valence-electron chi connectivity index (χ2n) is 11.6. The lowest BCUT2D eigenvalue weighted by molar-refractivity contribution is -0.128. The first-order valence-electron chi connectivity index (χ1n) is 14.9. The van der Waals surface area contributed by atoms with Crippen LogP contribution < -0.4 is 15.3 Å². The van der Waals surface area contributed by atoms with Crippen molar-refractivity contribution >= 4 is 34.2 Å². The zero-order chi connectivity index (χ0) is 33.6. The molecule has 6 rings (SSSR count). The van der Waals surface area contributed by atoms with Crippen molar-refractivity contribution < 1.29 is 22.7 Å². The van der Waals surface area contributed by atoms with E-state index in [-0.39, 0.29) is 77.6 Å². The molecule has 0 N–H and O–H groups in total. The average molecular weight is 664 g/mol. The van der Waals surface area contributed by atoms with E-state index in [4.69, 9.17) is 22.9 Å². The van der Waals surface area contributed by atoms with E-state index in [1.807, 2.05) is 20.8 Å². The number of pyridine rings is 2. The van der Waals surface area contributed by atoms with Gasteiger partial charge in [0.1, 0.15) is 30.7 Å². The molecule has 0 saturated carbocycles. The van der Waals surface area contributed by atoms with Gasteiger partial charge in [-0.25, -0.2) is 24.5 Å². The van der Waals surface area contributed by atoms with E-state index in [1.54, 1.807) is 17.2 Å². The van der Waals surface area contributed by atoms with Crippen LogP contribution in [0.2, 0.25) is 5.02 Å². The van der Waals surface area contributed by atoms with E-state index in [0.717, 1.165) is 18.3 Å². The van der Waals surface area contributed by atoms with Crippen LogP contribution in [0, 0.1) is 25.1 Å². The summed E-state index contributed by atoms with van der Waals surface area (Å²) in [6.45, 7) is 12.6. The monoisotopic (exact) mass is 663 g/mol. The highest BCUT2D eigenvalue weighted by molar-refractivity contribution is 6.35. The number of anilines is 1. The number of nitrogens with zero attached hydrogens (tertiary/aromatic N) is 7. The summed E-state index contributed by atoms with van der Waals surface area (Å²) in [4.78, 5) is 47.0. The van der Waals surface area contributed by atoms with Crippen LogP contribution in [0.4, 0.5) is 19.0 Å². The van der Waals surface area contributed by atoms with Crippen LogP contribution in [0.25, 0.3) is 32.6 Å². The first-order valence-corrected chi connectivity index (χ1v) is 15.3. The third-order valence-corrected chi connectivity index (χ3v) is 8.66. The summed E-state index contributed by atoms with van der Waals surface area (Å²) in [7, 11) is 0. The van der Waals surface area contributed by atoms with Gasteiger partial charge in [0, 0.05) is 42.9 Å². The van der Waals surface area contributed by atoms with Gasteiger partial charge in [-0.3, -0.25) is 19.3 Å². The van der Waals surface area contributed by atoms with Crippen LogP contribution in [0.1, 0.15) is 36.7 Å². The molecule has 242 valence electrons. The van der Waals surface area contributed by atoms with Crippen molar-refractivity contribution in [3.8, 4) is 22.6 Å². The highest BCUT2D eigenvalue weighted by atomic mass is 35.5. The number of ether oxygens (including phenoxy) is 1. The molecule has 0 aliphatic carbocycles. The molecule has 4 aromatic rings. The average Bonchev–Trinajstić information content (AvgIpc) is 3.05. The maximum atomic E-state index is 15.4. The molecule has 3 aromatic heterocycles. The Balaban J connectivity index is 1.64. The van der Waals surface area contributed by atoms with Crippen LogP contribution in [0.15, 0.2) is 41.5 Å². The molecule has 47 heavy (non-hydrogen) atoms. The van der Waals surface area contributed by atoms with Crippen molar-refractivity contribution in [2.45, 2.75) is 39.3 Å². The van der Waals surface area contributed by atoms with Gasteiger partial charge in [-0.2, -0.15) is 4.98 Å². The quantitative estimate of drug-likeness (QED) is 0.197. The highest BCUT2D eigenvalue weighted by Gasteiger charge is 2.36. The van der Waals surface area contributed by atoms with E-state index in [9.17, 15) is 18.4 Å². The number of aromatic nitrogens is 4. The fourth-order valence-corrected chi connectivity index (χ4v) is 6.55. The van der Waals surface area contributed by atoms with E-state index < -0.39 is 35.9 Å². The second-order valence-corrected chi connectivity index (χ2v) is 12.0. The van der Waals surface area contributed by atoms with Gasteiger partial charge >= 0.3 is 5.69 Å². The van der Waals surface area contributed by atoms with Gasteiger partial charge in [-0.1, -0.05) is 25.4 Å². The standard InChI is InChI=1S/C33H29ClF3N7O3/c1-17(2)28-29(18(3)7-9-39-28)44-30-20(12-21(34)25-26-23(16-47-31(25)30)40-14-22(36)27(26)37)32(41-33(44)46)42-10-11-43(19(15-42)13-38-4)24(45)6-5-8-35/h5-7,9,12,14,17,19H,8,10-11,13,15-16H2,1-3H3/b6-5+/t19-/m0/s1. The molecule has 0 radical (unpaired) electrons. The Morgan fingerprint density at radius 2 is 2.04 bits per heavy atom. The SMILES string of the molecule is [C-]#[N+]C[C@H]1CN(c2nc(=O)n(-c3c(C)ccnc3C(C)C)c3c4c(c(Cl)cc23)-c2c(ncc(F)c2F)CO4)CCN1C(=O)/C=C/CF. The van der Waals surface area contributed by atoms with E-state index in [2.05, 4.69) is 19.8 Å². The van der Waals surface area contributed by atoms with Crippen molar-refractivity contribution in [3.05, 3.63) is 92.2 Å². The maximum Gasteiger partial charge on any atom is 0.354 e. The molecule has 1 aromatic carbocycles. The van der Waals surface area contributed by atoms with Crippen LogP contribution >= 0.6 is 11.6 Å². The summed E-state index contributed by atoms with van der Waals surface area (Å²) in [5.41, 5.74) is 1.35. The van der Waals surface area contributed by atoms with E-state index in [0.29, 0.717) is 22.3 Å². The van der Waals surface area contributed by atoms with Crippen LogP contribution in [0.3, 0.4) is 0 Å². The Hall–Kier alpha value is -4.96. The summed E-state index contributed by atoms with van der Waals surface area (Å²) in [5, 5.41) is 0.390. The molecule has 1 amide bonds. The lowest BCUT2D eigenvalue weighted by atomic mass is 9.97. The van der Waals surface area contributed by atoms with Gasteiger partial charge in [-0.15, -0.1) is 0 Å². The van der Waals surface area contributed by atoms with Crippen molar-refractivity contribution in [1.29, 1.82) is 0 Å². The molecule has 10 nitrogen and oxygen atoms in total. The lowest BCUT2D eigenvalue weighted by Gasteiger charge is -2.40. The molecular weight excluding hydrogens is 635 g/mol. The maximum absolute atomic E-state index is 15.4. The number of carbonyl (C=O) groups is 1. The number of hydrogen-bond donors (Lipinski definition) is 0. The normalized spacial score (nSPS) is 15.9. The van der Waals surface area contributed by atoms with Crippen molar-refractivity contribution in [1.82, 2.24) is 24.4 Å². The molecule has 0 spiro atoms. The summed E-state index contributed by atoms with van der Waals surface area (Å²) >= 11 is 6.85. The summed E-state index contributed by atoms with van der Waals surface area (Å²) in [6, 6.07) is 2.70.